The van der Waals surface area contributed by atoms with Gasteiger partial charge in [-0.1, -0.05) is 48.0 Å². The molecule has 3 aromatic rings. The largest absolute Gasteiger partial charge is 0.457 e. The van der Waals surface area contributed by atoms with E-state index < -0.39 is 0 Å². The minimum Gasteiger partial charge on any atom is -0.457 e. The molecular formula is C22H23O2P. The zero-order valence-electron chi connectivity index (χ0n) is 14.9. The smallest absolute Gasteiger partial charge is 0.197 e. The number of benzene rings is 3. The van der Waals surface area contributed by atoms with Crippen molar-refractivity contribution < 1.29 is 9.53 Å². The van der Waals surface area contributed by atoms with E-state index in [1.165, 1.54) is 0 Å². The van der Waals surface area contributed by atoms with Crippen molar-refractivity contribution >= 4 is 15.7 Å². The highest BCUT2D eigenvalue weighted by molar-refractivity contribution is 6.92. The molecular weight excluding hydrogens is 327 g/mol. The van der Waals surface area contributed by atoms with Crippen molar-refractivity contribution in [2.45, 2.75) is 20.8 Å². The van der Waals surface area contributed by atoms with E-state index >= 15 is 0 Å². The monoisotopic (exact) mass is 350 g/mol. The Morgan fingerprint density at radius 1 is 0.800 bits per heavy atom. The third-order valence-electron chi connectivity index (χ3n) is 4.01. The molecule has 0 heterocycles. The number of ether oxygens (including phenoxy) is 1. The Balaban J connectivity index is 0.00000225. The number of hydrogen-bond acceptors (Lipinski definition) is 2. The summed E-state index contributed by atoms with van der Waals surface area (Å²) in [6.07, 6.45) is 0. The van der Waals surface area contributed by atoms with Crippen molar-refractivity contribution in [3.63, 3.8) is 0 Å². The molecule has 0 aliphatic rings. The van der Waals surface area contributed by atoms with Gasteiger partial charge in [-0.2, -0.15) is 9.90 Å². The van der Waals surface area contributed by atoms with E-state index in [-0.39, 0.29) is 15.7 Å². The van der Waals surface area contributed by atoms with Crippen LogP contribution >= 0.6 is 9.90 Å². The summed E-state index contributed by atoms with van der Waals surface area (Å²) in [5, 5.41) is 0. The summed E-state index contributed by atoms with van der Waals surface area (Å²) in [6.45, 7) is 6.00. The molecule has 1 unspecified atom stereocenters. The van der Waals surface area contributed by atoms with E-state index in [2.05, 4.69) is 0 Å². The fraction of sp³-hybridized carbons (Fsp3) is 0.136. The number of hydrogen-bond donors (Lipinski definition) is 0. The van der Waals surface area contributed by atoms with Crippen LogP contribution in [0, 0.1) is 20.8 Å². The second-order valence-electron chi connectivity index (χ2n) is 6.01. The maximum atomic E-state index is 13.1. The van der Waals surface area contributed by atoms with Gasteiger partial charge in [-0.25, -0.2) is 0 Å². The number of ketones is 1. The second-order valence-corrected chi connectivity index (χ2v) is 6.01. The molecule has 3 heteroatoms. The summed E-state index contributed by atoms with van der Waals surface area (Å²) in [4.78, 5) is 13.1. The zero-order chi connectivity index (χ0) is 17.1. The molecule has 0 aromatic heterocycles. The molecule has 0 bridgehead atoms. The Bertz CT molecular complexity index is 863. The lowest BCUT2D eigenvalue weighted by Gasteiger charge is -2.14. The first kappa shape index (κ1) is 18.9. The Morgan fingerprint density at radius 2 is 1.36 bits per heavy atom. The molecule has 0 N–H and O–H groups in total. The first-order chi connectivity index (χ1) is 11.6. The van der Waals surface area contributed by atoms with Gasteiger partial charge in [0.2, 0.25) is 0 Å². The maximum absolute atomic E-state index is 13.1. The van der Waals surface area contributed by atoms with Crippen molar-refractivity contribution in [3.05, 3.63) is 94.5 Å². The molecule has 1 atom stereocenters. The third kappa shape index (κ3) is 4.15. The number of para-hydroxylation sites is 2. The van der Waals surface area contributed by atoms with Gasteiger partial charge in [-0.3, -0.25) is 4.79 Å². The molecule has 2 nitrogen and oxygen atoms in total. The van der Waals surface area contributed by atoms with Gasteiger partial charge in [0.15, 0.2) is 5.78 Å². The SMILES string of the molecule is Cc1cc(C)c(C(=O)c2ccccc2Oc2ccccc2)c(C)c1.P. The summed E-state index contributed by atoms with van der Waals surface area (Å²) in [5.41, 5.74) is 4.48. The summed E-state index contributed by atoms with van der Waals surface area (Å²) >= 11 is 0. The summed E-state index contributed by atoms with van der Waals surface area (Å²) in [5.74, 6) is 1.29. The summed E-state index contributed by atoms with van der Waals surface area (Å²) in [6, 6.07) is 21.0. The predicted octanol–water partition coefficient (Wildman–Crippen LogP) is 5.69. The molecule has 0 radical (unpaired) electrons. The van der Waals surface area contributed by atoms with Crippen LogP contribution in [0.25, 0.3) is 0 Å². The average molecular weight is 350 g/mol. The van der Waals surface area contributed by atoms with Crippen molar-refractivity contribution in [1.29, 1.82) is 0 Å². The van der Waals surface area contributed by atoms with Crippen LogP contribution in [0.4, 0.5) is 0 Å². The van der Waals surface area contributed by atoms with E-state index in [0.29, 0.717) is 11.3 Å². The molecule has 128 valence electrons. The molecule has 0 aliphatic carbocycles. The zero-order valence-corrected chi connectivity index (χ0v) is 16.3. The molecule has 0 saturated carbocycles. The predicted molar refractivity (Wildman–Crippen MR) is 108 cm³/mol. The van der Waals surface area contributed by atoms with Crippen LogP contribution in [0.5, 0.6) is 11.5 Å². The fourth-order valence-corrected chi connectivity index (χ4v) is 3.03. The van der Waals surface area contributed by atoms with E-state index in [9.17, 15) is 4.79 Å². The Hall–Kier alpha value is -2.44. The highest BCUT2D eigenvalue weighted by Crippen LogP contribution is 2.29. The first-order valence-electron chi connectivity index (χ1n) is 8.01. The minimum absolute atomic E-state index is 0. The van der Waals surface area contributed by atoms with Crippen LogP contribution in [0.15, 0.2) is 66.7 Å². The molecule has 0 spiro atoms. The average Bonchev–Trinajstić information content (AvgIpc) is 2.55. The van der Waals surface area contributed by atoms with Crippen LogP contribution < -0.4 is 4.74 Å². The van der Waals surface area contributed by atoms with Gasteiger partial charge in [-0.15, -0.1) is 0 Å². The summed E-state index contributed by atoms with van der Waals surface area (Å²) < 4.78 is 5.93. The first-order valence-corrected chi connectivity index (χ1v) is 8.01. The molecule has 0 saturated heterocycles. The quantitative estimate of drug-likeness (QED) is 0.446. The van der Waals surface area contributed by atoms with Gasteiger partial charge in [-0.05, 0) is 56.2 Å². The molecule has 3 aromatic carbocycles. The normalized spacial score (nSPS) is 10.0. The van der Waals surface area contributed by atoms with Crippen LogP contribution in [0.2, 0.25) is 0 Å². The third-order valence-corrected chi connectivity index (χ3v) is 4.01. The maximum Gasteiger partial charge on any atom is 0.197 e. The van der Waals surface area contributed by atoms with Crippen molar-refractivity contribution in [3.8, 4) is 11.5 Å². The number of aryl methyl sites for hydroxylation is 3. The van der Waals surface area contributed by atoms with Crippen molar-refractivity contribution in [2.75, 3.05) is 0 Å². The number of carbonyl (C=O) groups is 1. The van der Waals surface area contributed by atoms with E-state index in [1.807, 2.05) is 87.5 Å². The standard InChI is InChI=1S/C22H20O2.H3P/c1-15-13-16(2)21(17(3)14-15)22(23)19-11-7-8-12-20(19)24-18-9-5-4-6-10-18;/h4-14H,1-3H3;1H3. The second kappa shape index (κ2) is 8.09. The van der Waals surface area contributed by atoms with Gasteiger partial charge in [0.1, 0.15) is 11.5 Å². The van der Waals surface area contributed by atoms with Crippen molar-refractivity contribution in [1.82, 2.24) is 0 Å². The van der Waals surface area contributed by atoms with Gasteiger partial charge in [0, 0.05) is 5.56 Å². The van der Waals surface area contributed by atoms with Gasteiger partial charge < -0.3 is 4.74 Å². The van der Waals surface area contributed by atoms with E-state index in [0.717, 1.165) is 28.0 Å². The van der Waals surface area contributed by atoms with E-state index in [4.69, 9.17) is 4.74 Å². The fourth-order valence-electron chi connectivity index (χ4n) is 3.03. The van der Waals surface area contributed by atoms with Crippen molar-refractivity contribution in [2.24, 2.45) is 0 Å². The topological polar surface area (TPSA) is 26.3 Å². The Labute approximate surface area is 152 Å². The Kier molecular flexibility index (Phi) is 6.12. The molecule has 0 amide bonds. The Morgan fingerprint density at radius 3 is 2.00 bits per heavy atom. The molecule has 25 heavy (non-hydrogen) atoms. The molecule has 0 aliphatic heterocycles. The lowest BCUT2D eigenvalue weighted by Crippen LogP contribution is -2.08. The van der Waals surface area contributed by atoms with Crippen LogP contribution in [0.3, 0.4) is 0 Å². The highest BCUT2D eigenvalue weighted by atomic mass is 31.0. The van der Waals surface area contributed by atoms with Crippen LogP contribution in [0.1, 0.15) is 32.6 Å². The van der Waals surface area contributed by atoms with E-state index in [1.54, 1.807) is 0 Å². The minimum atomic E-state index is -0.00321. The van der Waals surface area contributed by atoms with Gasteiger partial charge in [0.05, 0.1) is 5.56 Å². The van der Waals surface area contributed by atoms with Crippen LogP contribution in [-0.2, 0) is 0 Å². The number of carbonyl (C=O) groups excluding carboxylic acids is 1. The lowest BCUT2D eigenvalue weighted by atomic mass is 9.93. The molecule has 0 fully saturated rings. The highest BCUT2D eigenvalue weighted by Gasteiger charge is 2.19. The summed E-state index contributed by atoms with van der Waals surface area (Å²) in [7, 11) is 0. The molecule has 3 rings (SSSR count). The van der Waals surface area contributed by atoms with Gasteiger partial charge in [0.25, 0.3) is 0 Å². The number of rotatable bonds is 4. The lowest BCUT2D eigenvalue weighted by molar-refractivity contribution is 0.103. The van der Waals surface area contributed by atoms with Crippen LogP contribution in [-0.4, -0.2) is 5.78 Å². The van der Waals surface area contributed by atoms with Gasteiger partial charge >= 0.3 is 0 Å².